The van der Waals surface area contributed by atoms with E-state index in [0.29, 0.717) is 17.2 Å². The molecule has 4 aromatic rings. The third kappa shape index (κ3) is 4.06. The van der Waals surface area contributed by atoms with E-state index in [1.807, 2.05) is 30.3 Å². The van der Waals surface area contributed by atoms with E-state index in [1.54, 1.807) is 24.3 Å². The van der Waals surface area contributed by atoms with Gasteiger partial charge in [0.15, 0.2) is 5.78 Å². The first kappa shape index (κ1) is 21.8. The van der Waals surface area contributed by atoms with Crippen LogP contribution in [-0.2, 0) is 0 Å². The molecule has 5 rings (SSSR count). The molecular weight excluding hydrogens is 446 g/mol. The lowest BCUT2D eigenvalue weighted by Crippen LogP contribution is -2.29. The first-order valence-electron chi connectivity index (χ1n) is 10.7. The molecule has 35 heavy (non-hydrogen) atoms. The molecule has 0 saturated carbocycles. The first-order valence-corrected chi connectivity index (χ1v) is 10.7. The maximum atomic E-state index is 13.1. The predicted molar refractivity (Wildman–Crippen MR) is 127 cm³/mol. The molecule has 170 valence electrons. The number of aromatic carboxylic acids is 1. The molecule has 1 aliphatic heterocycles. The molecule has 0 fully saturated rings. The number of ketones is 1. The maximum Gasteiger partial charge on any atom is 0.335 e. The van der Waals surface area contributed by atoms with Crippen molar-refractivity contribution in [1.82, 2.24) is 0 Å². The van der Waals surface area contributed by atoms with Crippen LogP contribution >= 0.6 is 0 Å². The fourth-order valence-electron chi connectivity index (χ4n) is 3.84. The third-order valence-electron chi connectivity index (χ3n) is 5.62. The van der Waals surface area contributed by atoms with Gasteiger partial charge >= 0.3 is 5.97 Å². The van der Waals surface area contributed by atoms with Gasteiger partial charge in [-0.3, -0.25) is 14.4 Å². The zero-order valence-electron chi connectivity index (χ0n) is 18.2. The van der Waals surface area contributed by atoms with Gasteiger partial charge in [-0.15, -0.1) is 0 Å². The van der Waals surface area contributed by atoms with E-state index in [4.69, 9.17) is 9.84 Å². The van der Waals surface area contributed by atoms with E-state index >= 15 is 0 Å². The first-order chi connectivity index (χ1) is 16.9. The van der Waals surface area contributed by atoms with Crippen molar-refractivity contribution in [2.24, 2.45) is 0 Å². The number of nitrogens with zero attached hydrogens (tertiary/aromatic N) is 1. The van der Waals surface area contributed by atoms with E-state index in [-0.39, 0.29) is 33.6 Å². The van der Waals surface area contributed by atoms with Crippen molar-refractivity contribution in [3.63, 3.8) is 0 Å². The van der Waals surface area contributed by atoms with Gasteiger partial charge in [-0.25, -0.2) is 9.69 Å². The largest absolute Gasteiger partial charge is 0.478 e. The van der Waals surface area contributed by atoms with Crippen LogP contribution in [0.15, 0.2) is 97.1 Å². The molecule has 0 aromatic heterocycles. The number of rotatable bonds is 6. The Kier molecular flexibility index (Phi) is 5.43. The summed E-state index contributed by atoms with van der Waals surface area (Å²) < 4.78 is 5.76. The Bertz CT molecular complexity index is 1470. The van der Waals surface area contributed by atoms with Crippen LogP contribution < -0.4 is 9.64 Å². The van der Waals surface area contributed by atoms with Crippen molar-refractivity contribution >= 4 is 29.3 Å². The molecule has 4 aromatic carbocycles. The number of hydrogen-bond donors (Lipinski definition) is 1. The quantitative estimate of drug-likeness (QED) is 0.311. The summed E-state index contributed by atoms with van der Waals surface area (Å²) in [6.45, 7) is 0. The van der Waals surface area contributed by atoms with Crippen LogP contribution in [0, 0.1) is 0 Å². The fraction of sp³-hybridized carbons (Fsp3) is 0. The number of amides is 2. The minimum atomic E-state index is -1.09. The van der Waals surface area contributed by atoms with Crippen LogP contribution in [0.25, 0.3) is 0 Å². The van der Waals surface area contributed by atoms with Crippen LogP contribution in [-0.4, -0.2) is 28.7 Å². The van der Waals surface area contributed by atoms with Gasteiger partial charge in [0.05, 0.1) is 22.4 Å². The van der Waals surface area contributed by atoms with Gasteiger partial charge in [-0.1, -0.05) is 36.4 Å². The Hall–Kier alpha value is -5.04. The van der Waals surface area contributed by atoms with Crippen molar-refractivity contribution in [2.75, 3.05) is 4.90 Å². The summed E-state index contributed by atoms with van der Waals surface area (Å²) in [4.78, 5) is 51.1. The van der Waals surface area contributed by atoms with E-state index in [2.05, 4.69) is 0 Å². The van der Waals surface area contributed by atoms with Gasteiger partial charge in [0.2, 0.25) is 0 Å². The summed E-state index contributed by atoms with van der Waals surface area (Å²) in [7, 11) is 0. The number of benzene rings is 4. The second kappa shape index (κ2) is 8.72. The minimum Gasteiger partial charge on any atom is -0.478 e. The molecular formula is C28H17NO6. The Balaban J connectivity index is 1.38. The predicted octanol–water partition coefficient (Wildman–Crippen LogP) is 5.21. The minimum absolute atomic E-state index is 0.0621. The number of fused-ring (bicyclic) bond motifs is 1. The number of carbonyl (C=O) groups is 4. The summed E-state index contributed by atoms with van der Waals surface area (Å²) in [6.07, 6.45) is 0. The zero-order chi connectivity index (χ0) is 24.5. The molecule has 0 atom stereocenters. The highest BCUT2D eigenvalue weighted by molar-refractivity contribution is 6.35. The molecule has 0 spiro atoms. The molecule has 7 heteroatoms. The van der Waals surface area contributed by atoms with Gasteiger partial charge in [-0.2, -0.15) is 0 Å². The third-order valence-corrected chi connectivity index (χ3v) is 5.62. The normalized spacial score (nSPS) is 12.4. The van der Waals surface area contributed by atoms with Gasteiger partial charge in [-0.05, 0) is 60.7 Å². The van der Waals surface area contributed by atoms with Gasteiger partial charge < -0.3 is 9.84 Å². The van der Waals surface area contributed by atoms with Crippen molar-refractivity contribution < 1.29 is 29.0 Å². The van der Waals surface area contributed by atoms with Crippen molar-refractivity contribution in [3.05, 3.63) is 125 Å². The van der Waals surface area contributed by atoms with Crippen LogP contribution in [0.4, 0.5) is 5.69 Å². The summed E-state index contributed by atoms with van der Waals surface area (Å²) in [5, 5.41) is 9.03. The molecule has 1 aliphatic rings. The molecule has 1 N–H and O–H groups in total. The van der Waals surface area contributed by atoms with Gasteiger partial charge in [0, 0.05) is 11.1 Å². The number of carboxylic acids is 1. The lowest BCUT2D eigenvalue weighted by Gasteiger charge is -2.14. The Morgan fingerprint density at radius 3 is 1.86 bits per heavy atom. The van der Waals surface area contributed by atoms with Crippen LogP contribution in [0.2, 0.25) is 0 Å². The average Bonchev–Trinajstić information content (AvgIpc) is 3.14. The summed E-state index contributed by atoms with van der Waals surface area (Å²) in [5.41, 5.74) is 1.28. The highest BCUT2D eigenvalue weighted by Crippen LogP contribution is 2.31. The zero-order valence-corrected chi connectivity index (χ0v) is 18.2. The second-order valence-electron chi connectivity index (χ2n) is 7.83. The molecule has 7 nitrogen and oxygen atoms in total. The van der Waals surface area contributed by atoms with E-state index in [0.717, 1.165) is 4.90 Å². The highest BCUT2D eigenvalue weighted by atomic mass is 16.5. The number of ether oxygens (including phenoxy) is 1. The highest BCUT2D eigenvalue weighted by Gasteiger charge is 2.37. The number of carbonyl (C=O) groups excluding carboxylic acids is 3. The Morgan fingerprint density at radius 1 is 0.629 bits per heavy atom. The molecule has 0 radical (unpaired) electrons. The second-order valence-corrected chi connectivity index (χ2v) is 7.83. The van der Waals surface area contributed by atoms with Crippen LogP contribution in [0.3, 0.4) is 0 Å². The van der Waals surface area contributed by atoms with Crippen molar-refractivity contribution in [3.8, 4) is 11.5 Å². The molecule has 0 unspecified atom stereocenters. The number of carboxylic acid groups (broad SMARTS) is 1. The lowest BCUT2D eigenvalue weighted by atomic mass is 9.98. The topological polar surface area (TPSA) is 101 Å². The molecule has 0 bridgehead atoms. The van der Waals surface area contributed by atoms with E-state index in [1.165, 1.54) is 42.5 Å². The van der Waals surface area contributed by atoms with E-state index in [9.17, 15) is 19.2 Å². The van der Waals surface area contributed by atoms with Crippen LogP contribution in [0.1, 0.15) is 47.0 Å². The summed E-state index contributed by atoms with van der Waals surface area (Å²) in [5.74, 6) is -1.27. The Morgan fingerprint density at radius 2 is 1.20 bits per heavy atom. The van der Waals surface area contributed by atoms with E-state index < -0.39 is 17.8 Å². The molecule has 1 heterocycles. The standard InChI is InChI=1S/C28H17NO6/c30-25(17-6-8-18(9-7-17)28(33)34)19-10-15-23-24(16-19)27(32)29(26(23)31)20-11-13-22(14-12-20)35-21-4-2-1-3-5-21/h1-16H,(H,33,34). The fourth-order valence-corrected chi connectivity index (χ4v) is 3.84. The van der Waals surface area contributed by atoms with Gasteiger partial charge in [0.1, 0.15) is 11.5 Å². The number of para-hydroxylation sites is 1. The van der Waals surface area contributed by atoms with Crippen molar-refractivity contribution in [2.45, 2.75) is 0 Å². The smallest absolute Gasteiger partial charge is 0.335 e. The number of anilines is 1. The molecule has 2 amide bonds. The van der Waals surface area contributed by atoms with Gasteiger partial charge in [0.25, 0.3) is 11.8 Å². The average molecular weight is 463 g/mol. The van der Waals surface area contributed by atoms with Crippen molar-refractivity contribution in [1.29, 1.82) is 0 Å². The monoisotopic (exact) mass is 463 g/mol. The number of imide groups is 1. The molecule has 0 aliphatic carbocycles. The summed E-state index contributed by atoms with van der Waals surface area (Å²) in [6, 6.07) is 25.6. The molecule has 0 saturated heterocycles. The summed E-state index contributed by atoms with van der Waals surface area (Å²) >= 11 is 0. The van der Waals surface area contributed by atoms with Crippen LogP contribution in [0.5, 0.6) is 11.5 Å². The number of hydrogen-bond acceptors (Lipinski definition) is 5. The maximum absolute atomic E-state index is 13.1. The Labute approximate surface area is 199 Å². The SMILES string of the molecule is O=C(O)c1ccc(C(=O)c2ccc3c(c2)C(=O)N(c2ccc(Oc4ccccc4)cc2)C3=O)cc1. The lowest BCUT2D eigenvalue weighted by molar-refractivity contribution is 0.0695.